The first-order valence-electron chi connectivity index (χ1n) is 7.74. The molecule has 0 spiro atoms. The van der Waals surface area contributed by atoms with Crippen molar-refractivity contribution in [3.05, 3.63) is 60.2 Å². The number of hydrogen-bond acceptors (Lipinski definition) is 3. The van der Waals surface area contributed by atoms with E-state index >= 15 is 0 Å². The van der Waals surface area contributed by atoms with Crippen LogP contribution in [-0.4, -0.2) is 17.6 Å². The SMILES string of the molecule is Cc1ccc(OCCCC(=O)NNC(=S)Nc2ccccc2)cc1. The van der Waals surface area contributed by atoms with Crippen molar-refractivity contribution in [1.82, 2.24) is 10.9 Å². The lowest BCUT2D eigenvalue weighted by Crippen LogP contribution is -2.43. The van der Waals surface area contributed by atoms with Crippen LogP contribution in [0.3, 0.4) is 0 Å². The zero-order valence-corrected chi connectivity index (χ0v) is 14.4. The van der Waals surface area contributed by atoms with Crippen LogP contribution in [0.2, 0.25) is 0 Å². The summed E-state index contributed by atoms with van der Waals surface area (Å²) in [6.45, 7) is 2.52. The number of rotatable bonds is 6. The molecule has 126 valence electrons. The maximum atomic E-state index is 11.7. The molecule has 0 aliphatic heterocycles. The van der Waals surface area contributed by atoms with Gasteiger partial charge in [-0.2, -0.15) is 0 Å². The normalized spacial score (nSPS) is 9.88. The molecule has 6 heteroatoms. The molecule has 0 bridgehead atoms. The molecule has 5 nitrogen and oxygen atoms in total. The highest BCUT2D eigenvalue weighted by molar-refractivity contribution is 7.80. The average Bonchev–Trinajstić information content (AvgIpc) is 2.59. The Kier molecular flexibility index (Phi) is 7.04. The van der Waals surface area contributed by atoms with Gasteiger partial charge in [-0.05, 0) is 49.8 Å². The monoisotopic (exact) mass is 343 g/mol. The summed E-state index contributed by atoms with van der Waals surface area (Å²) < 4.78 is 5.58. The Morgan fingerprint density at radius 2 is 1.75 bits per heavy atom. The third kappa shape index (κ3) is 6.66. The minimum Gasteiger partial charge on any atom is -0.494 e. The molecule has 0 unspecified atom stereocenters. The summed E-state index contributed by atoms with van der Waals surface area (Å²) in [5, 5.41) is 3.31. The number of hydrazine groups is 1. The van der Waals surface area contributed by atoms with Crippen LogP contribution in [0.5, 0.6) is 5.75 Å². The highest BCUT2D eigenvalue weighted by atomic mass is 32.1. The van der Waals surface area contributed by atoms with Gasteiger partial charge in [0.2, 0.25) is 5.91 Å². The molecule has 0 aliphatic rings. The van der Waals surface area contributed by atoms with Crippen LogP contribution in [0, 0.1) is 6.92 Å². The molecular weight excluding hydrogens is 322 g/mol. The molecule has 2 aromatic carbocycles. The number of ether oxygens (including phenoxy) is 1. The minimum absolute atomic E-state index is 0.139. The number of carbonyl (C=O) groups is 1. The summed E-state index contributed by atoms with van der Waals surface area (Å²) >= 11 is 5.10. The maximum absolute atomic E-state index is 11.7. The molecule has 2 aromatic rings. The molecule has 0 radical (unpaired) electrons. The van der Waals surface area contributed by atoms with Crippen molar-refractivity contribution in [3.8, 4) is 5.75 Å². The topological polar surface area (TPSA) is 62.4 Å². The molecule has 0 saturated carbocycles. The third-order valence-corrected chi connectivity index (χ3v) is 3.39. The van der Waals surface area contributed by atoms with Gasteiger partial charge in [-0.25, -0.2) is 0 Å². The second kappa shape index (κ2) is 9.52. The Labute approximate surface area is 147 Å². The molecule has 0 aromatic heterocycles. The number of anilines is 1. The molecule has 24 heavy (non-hydrogen) atoms. The Balaban J connectivity index is 1.58. The van der Waals surface area contributed by atoms with E-state index in [9.17, 15) is 4.79 Å². The molecule has 0 aliphatic carbocycles. The Morgan fingerprint density at radius 1 is 1.04 bits per heavy atom. The molecule has 0 fully saturated rings. The lowest BCUT2D eigenvalue weighted by molar-refractivity contribution is -0.121. The van der Waals surface area contributed by atoms with Crippen molar-refractivity contribution in [3.63, 3.8) is 0 Å². The van der Waals surface area contributed by atoms with Crippen LogP contribution < -0.4 is 20.9 Å². The van der Waals surface area contributed by atoms with Gasteiger partial charge in [0.05, 0.1) is 6.61 Å². The first kappa shape index (κ1) is 17.7. The third-order valence-electron chi connectivity index (χ3n) is 3.18. The average molecular weight is 343 g/mol. The number of hydrogen-bond donors (Lipinski definition) is 3. The Bertz CT molecular complexity index is 660. The molecule has 3 N–H and O–H groups in total. The number of thiocarbonyl (C=S) groups is 1. The number of para-hydroxylation sites is 1. The Hall–Kier alpha value is -2.60. The fourth-order valence-corrected chi connectivity index (χ4v) is 2.10. The van der Waals surface area contributed by atoms with Crippen molar-refractivity contribution >= 4 is 28.9 Å². The van der Waals surface area contributed by atoms with Crippen molar-refractivity contribution in [2.45, 2.75) is 19.8 Å². The van der Waals surface area contributed by atoms with E-state index in [-0.39, 0.29) is 5.91 Å². The van der Waals surface area contributed by atoms with E-state index in [1.807, 2.05) is 61.5 Å². The number of nitrogens with one attached hydrogen (secondary N) is 3. The number of carbonyl (C=O) groups excluding carboxylic acids is 1. The molecule has 0 heterocycles. The Morgan fingerprint density at radius 3 is 2.46 bits per heavy atom. The number of aryl methyl sites for hydroxylation is 1. The highest BCUT2D eigenvalue weighted by Crippen LogP contribution is 2.11. The first-order chi connectivity index (χ1) is 11.6. The van der Waals surface area contributed by atoms with E-state index in [1.165, 1.54) is 5.56 Å². The second-order valence-electron chi connectivity index (χ2n) is 5.26. The second-order valence-corrected chi connectivity index (χ2v) is 5.67. The quantitative estimate of drug-likeness (QED) is 0.427. The van der Waals surface area contributed by atoms with E-state index in [0.717, 1.165) is 11.4 Å². The first-order valence-corrected chi connectivity index (χ1v) is 8.14. The standard InChI is InChI=1S/C18H21N3O2S/c1-14-9-11-16(12-10-14)23-13-5-8-17(22)20-21-18(24)19-15-6-3-2-4-7-15/h2-4,6-7,9-12H,5,8,13H2,1H3,(H,20,22)(H2,19,21,24). The predicted molar refractivity (Wildman–Crippen MR) is 99.8 cm³/mol. The maximum Gasteiger partial charge on any atom is 0.238 e. The van der Waals surface area contributed by atoms with Crippen molar-refractivity contribution < 1.29 is 9.53 Å². The van der Waals surface area contributed by atoms with Crippen molar-refractivity contribution in [2.24, 2.45) is 0 Å². The van der Waals surface area contributed by atoms with Gasteiger partial charge in [-0.15, -0.1) is 0 Å². The minimum atomic E-state index is -0.139. The zero-order valence-electron chi connectivity index (χ0n) is 13.5. The van der Waals surface area contributed by atoms with Crippen LogP contribution in [0.25, 0.3) is 0 Å². The van der Waals surface area contributed by atoms with Crippen LogP contribution >= 0.6 is 12.2 Å². The van der Waals surface area contributed by atoms with Gasteiger partial charge in [0.1, 0.15) is 5.75 Å². The zero-order chi connectivity index (χ0) is 17.2. The van der Waals surface area contributed by atoms with Crippen molar-refractivity contribution in [2.75, 3.05) is 11.9 Å². The lowest BCUT2D eigenvalue weighted by Gasteiger charge is -2.11. The van der Waals surface area contributed by atoms with Gasteiger partial charge in [0.25, 0.3) is 0 Å². The van der Waals surface area contributed by atoms with Gasteiger partial charge in [-0.3, -0.25) is 15.6 Å². The van der Waals surface area contributed by atoms with Gasteiger partial charge >= 0.3 is 0 Å². The summed E-state index contributed by atoms with van der Waals surface area (Å²) in [5.41, 5.74) is 7.28. The summed E-state index contributed by atoms with van der Waals surface area (Å²) in [6.07, 6.45) is 0.979. The fraction of sp³-hybridized carbons (Fsp3) is 0.222. The number of benzene rings is 2. The van der Waals surface area contributed by atoms with Gasteiger partial charge in [-0.1, -0.05) is 35.9 Å². The van der Waals surface area contributed by atoms with Gasteiger partial charge < -0.3 is 10.1 Å². The van der Waals surface area contributed by atoms with E-state index in [4.69, 9.17) is 17.0 Å². The van der Waals surface area contributed by atoms with Crippen molar-refractivity contribution in [1.29, 1.82) is 0 Å². The van der Waals surface area contributed by atoms with E-state index < -0.39 is 0 Å². The highest BCUT2D eigenvalue weighted by Gasteiger charge is 2.03. The molecule has 1 amide bonds. The van der Waals surface area contributed by atoms with Gasteiger partial charge in [0.15, 0.2) is 5.11 Å². The van der Waals surface area contributed by atoms with Crippen LogP contribution in [0.1, 0.15) is 18.4 Å². The summed E-state index contributed by atoms with van der Waals surface area (Å²) in [5.74, 6) is 0.673. The molecule has 2 rings (SSSR count). The molecular formula is C18H21N3O2S. The van der Waals surface area contributed by atoms with E-state index in [1.54, 1.807) is 0 Å². The van der Waals surface area contributed by atoms with E-state index in [0.29, 0.717) is 24.6 Å². The van der Waals surface area contributed by atoms with Gasteiger partial charge in [0, 0.05) is 12.1 Å². The summed E-state index contributed by atoms with van der Waals surface area (Å²) in [7, 11) is 0. The van der Waals surface area contributed by atoms with Crippen LogP contribution in [-0.2, 0) is 4.79 Å². The summed E-state index contributed by atoms with van der Waals surface area (Å²) in [6, 6.07) is 17.3. The molecule has 0 atom stereocenters. The van der Waals surface area contributed by atoms with E-state index in [2.05, 4.69) is 16.2 Å². The summed E-state index contributed by atoms with van der Waals surface area (Å²) in [4.78, 5) is 11.7. The van der Waals surface area contributed by atoms with Crippen LogP contribution in [0.4, 0.5) is 5.69 Å². The largest absolute Gasteiger partial charge is 0.494 e. The fourth-order valence-electron chi connectivity index (χ4n) is 1.93. The van der Waals surface area contributed by atoms with Crippen LogP contribution in [0.15, 0.2) is 54.6 Å². The lowest BCUT2D eigenvalue weighted by atomic mass is 10.2. The predicted octanol–water partition coefficient (Wildman–Crippen LogP) is 3.17. The number of amides is 1. The smallest absolute Gasteiger partial charge is 0.238 e. The molecule has 0 saturated heterocycles.